The molecule has 1 fully saturated rings. The number of imide groups is 2. The van der Waals surface area contributed by atoms with Crippen LogP contribution in [0.3, 0.4) is 0 Å². The molecule has 0 atom stereocenters. The van der Waals surface area contributed by atoms with Crippen LogP contribution in [0.4, 0.5) is 0 Å². The summed E-state index contributed by atoms with van der Waals surface area (Å²) in [5.41, 5.74) is -1.26. The van der Waals surface area contributed by atoms with Crippen molar-refractivity contribution < 1.29 is 19.2 Å². The highest BCUT2D eigenvalue weighted by Gasteiger charge is 2.60. The maximum Gasteiger partial charge on any atom is 0.280 e. The molecule has 6 nitrogen and oxygen atoms in total. The van der Waals surface area contributed by atoms with Crippen molar-refractivity contribution in [2.75, 3.05) is 0 Å². The predicted molar refractivity (Wildman–Crippen MR) is 108 cm³/mol. The minimum Gasteiger partial charge on any atom is -0.271 e. The molecule has 4 amide bonds. The van der Waals surface area contributed by atoms with E-state index in [0.717, 1.165) is 0 Å². The van der Waals surface area contributed by atoms with Crippen LogP contribution in [0.15, 0.2) is 48.5 Å². The Balaban J connectivity index is 2.12. The van der Waals surface area contributed by atoms with Crippen LogP contribution in [0, 0.1) is 5.41 Å². The van der Waals surface area contributed by atoms with Crippen LogP contribution in [0.25, 0.3) is 0 Å². The molecule has 0 unspecified atom stereocenters. The lowest BCUT2D eigenvalue weighted by atomic mass is 9.81. The number of rotatable bonds is 4. The molecular weight excluding hydrogens is 415 g/mol. The molecule has 2 aromatic carbocycles. The number of hydrogen-bond acceptors (Lipinski definition) is 4. The lowest BCUT2D eigenvalue weighted by molar-refractivity contribution is -0.138. The summed E-state index contributed by atoms with van der Waals surface area (Å²) in [7, 11) is 0. The first-order chi connectivity index (χ1) is 13.8. The van der Waals surface area contributed by atoms with Gasteiger partial charge in [0.05, 0.1) is 0 Å². The molecule has 0 aromatic heterocycles. The maximum absolute atomic E-state index is 13.2. The van der Waals surface area contributed by atoms with Gasteiger partial charge >= 0.3 is 0 Å². The van der Waals surface area contributed by atoms with Crippen LogP contribution >= 0.6 is 23.2 Å². The monoisotopic (exact) mass is 432 g/mol. The lowest BCUT2D eigenvalue weighted by Crippen LogP contribution is -2.48. The second-order valence-electron chi connectivity index (χ2n) is 6.65. The fourth-order valence-corrected chi connectivity index (χ4v) is 3.67. The van der Waals surface area contributed by atoms with Gasteiger partial charge < -0.3 is 0 Å². The van der Waals surface area contributed by atoms with E-state index in [4.69, 9.17) is 23.2 Å². The standard InChI is InChI=1S/C21H18Cl2N2O4/c1-3-21(4-2)19(28)24(17(26)13-8-10-15(22)11-9-13)25(20(21)29)18(27)14-6-5-7-16(23)12-14/h5-12H,3-4H2,1-2H3. The van der Waals surface area contributed by atoms with Crippen molar-refractivity contribution in [2.24, 2.45) is 5.41 Å². The molecule has 0 spiro atoms. The molecule has 0 bridgehead atoms. The summed E-state index contributed by atoms with van der Waals surface area (Å²) in [4.78, 5) is 52.8. The normalized spacial score (nSPS) is 15.7. The van der Waals surface area contributed by atoms with Gasteiger partial charge in [-0.05, 0) is 55.3 Å². The largest absolute Gasteiger partial charge is 0.280 e. The number of hydrazine groups is 1. The Morgan fingerprint density at radius 3 is 1.79 bits per heavy atom. The van der Waals surface area contributed by atoms with Gasteiger partial charge in [0.25, 0.3) is 23.6 Å². The van der Waals surface area contributed by atoms with Crippen molar-refractivity contribution >= 4 is 46.8 Å². The average molecular weight is 433 g/mol. The number of benzene rings is 2. The highest BCUT2D eigenvalue weighted by molar-refractivity contribution is 6.31. The van der Waals surface area contributed by atoms with Gasteiger partial charge in [-0.15, -0.1) is 0 Å². The molecule has 0 N–H and O–H groups in total. The van der Waals surface area contributed by atoms with Crippen molar-refractivity contribution in [1.82, 2.24) is 10.0 Å². The third kappa shape index (κ3) is 3.43. The van der Waals surface area contributed by atoms with E-state index in [2.05, 4.69) is 0 Å². The Hall–Kier alpha value is -2.70. The van der Waals surface area contributed by atoms with Crippen LogP contribution < -0.4 is 0 Å². The number of halogens is 2. The van der Waals surface area contributed by atoms with E-state index in [-0.39, 0.29) is 24.0 Å². The summed E-state index contributed by atoms with van der Waals surface area (Å²) in [6.45, 7) is 3.36. The summed E-state index contributed by atoms with van der Waals surface area (Å²) in [6, 6.07) is 11.8. The van der Waals surface area contributed by atoms with Gasteiger partial charge in [0.1, 0.15) is 5.41 Å². The summed E-state index contributed by atoms with van der Waals surface area (Å²) in [6.07, 6.45) is 0.315. The molecule has 0 radical (unpaired) electrons. The van der Waals surface area contributed by atoms with Crippen molar-refractivity contribution in [3.05, 3.63) is 69.7 Å². The highest BCUT2D eigenvalue weighted by Crippen LogP contribution is 2.39. The molecular formula is C21H18Cl2N2O4. The fourth-order valence-electron chi connectivity index (χ4n) is 3.36. The number of nitrogens with zero attached hydrogens (tertiary/aromatic N) is 2. The maximum atomic E-state index is 13.2. The van der Waals surface area contributed by atoms with E-state index in [1.807, 2.05) is 0 Å². The molecule has 0 aliphatic carbocycles. The zero-order valence-corrected chi connectivity index (χ0v) is 17.3. The van der Waals surface area contributed by atoms with Crippen LogP contribution in [-0.4, -0.2) is 33.6 Å². The van der Waals surface area contributed by atoms with Gasteiger partial charge in [-0.25, -0.2) is 0 Å². The molecule has 3 rings (SSSR count). The van der Waals surface area contributed by atoms with Crippen LogP contribution in [0.1, 0.15) is 47.4 Å². The lowest BCUT2D eigenvalue weighted by Gasteiger charge is -2.24. The first-order valence-electron chi connectivity index (χ1n) is 9.05. The van der Waals surface area contributed by atoms with Crippen molar-refractivity contribution in [3.8, 4) is 0 Å². The number of carbonyl (C=O) groups is 4. The van der Waals surface area contributed by atoms with E-state index in [1.165, 1.54) is 36.4 Å². The van der Waals surface area contributed by atoms with E-state index >= 15 is 0 Å². The third-order valence-electron chi connectivity index (χ3n) is 5.16. The zero-order chi connectivity index (χ0) is 21.3. The van der Waals surface area contributed by atoms with Crippen molar-refractivity contribution in [2.45, 2.75) is 26.7 Å². The molecule has 2 aromatic rings. The Kier molecular flexibility index (Phi) is 5.78. The summed E-state index contributed by atoms with van der Waals surface area (Å²) < 4.78 is 0. The summed E-state index contributed by atoms with van der Waals surface area (Å²) in [5, 5.41) is 1.98. The molecule has 0 saturated carbocycles. The minimum absolute atomic E-state index is 0.0931. The molecule has 1 aliphatic rings. The first-order valence-corrected chi connectivity index (χ1v) is 9.81. The second kappa shape index (κ2) is 7.97. The topological polar surface area (TPSA) is 74.8 Å². The smallest absolute Gasteiger partial charge is 0.271 e. The Labute approximate surface area is 178 Å². The van der Waals surface area contributed by atoms with E-state index in [9.17, 15) is 19.2 Å². The molecule has 8 heteroatoms. The Morgan fingerprint density at radius 1 is 0.793 bits per heavy atom. The van der Waals surface area contributed by atoms with Crippen molar-refractivity contribution in [3.63, 3.8) is 0 Å². The van der Waals surface area contributed by atoms with E-state index in [1.54, 1.807) is 26.0 Å². The molecule has 1 aliphatic heterocycles. The molecule has 29 heavy (non-hydrogen) atoms. The van der Waals surface area contributed by atoms with Crippen LogP contribution in [-0.2, 0) is 9.59 Å². The third-order valence-corrected chi connectivity index (χ3v) is 5.65. The van der Waals surface area contributed by atoms with Crippen LogP contribution in [0.2, 0.25) is 10.0 Å². The fraction of sp³-hybridized carbons (Fsp3) is 0.238. The van der Waals surface area contributed by atoms with E-state index < -0.39 is 29.0 Å². The van der Waals surface area contributed by atoms with Gasteiger partial charge in [-0.2, -0.15) is 10.0 Å². The molecule has 1 saturated heterocycles. The zero-order valence-electron chi connectivity index (χ0n) is 15.8. The molecule has 150 valence electrons. The van der Waals surface area contributed by atoms with Gasteiger partial charge in [0, 0.05) is 21.2 Å². The highest BCUT2D eigenvalue weighted by atomic mass is 35.5. The summed E-state index contributed by atoms with van der Waals surface area (Å²) in [5.74, 6) is -3.02. The second-order valence-corrected chi connectivity index (χ2v) is 7.52. The van der Waals surface area contributed by atoms with E-state index in [0.29, 0.717) is 20.1 Å². The number of carbonyl (C=O) groups excluding carboxylic acids is 4. The number of hydrogen-bond donors (Lipinski definition) is 0. The molecule has 1 heterocycles. The van der Waals surface area contributed by atoms with Gasteiger partial charge in [0.2, 0.25) is 0 Å². The van der Waals surface area contributed by atoms with Gasteiger partial charge in [-0.1, -0.05) is 43.1 Å². The quantitative estimate of drug-likeness (QED) is 0.530. The van der Waals surface area contributed by atoms with Crippen LogP contribution in [0.5, 0.6) is 0 Å². The first kappa shape index (κ1) is 21.0. The minimum atomic E-state index is -1.48. The Morgan fingerprint density at radius 2 is 1.31 bits per heavy atom. The number of amides is 4. The van der Waals surface area contributed by atoms with Gasteiger partial charge in [-0.3, -0.25) is 19.2 Å². The van der Waals surface area contributed by atoms with Gasteiger partial charge in [0.15, 0.2) is 0 Å². The summed E-state index contributed by atoms with van der Waals surface area (Å²) >= 11 is 11.8. The predicted octanol–water partition coefficient (Wildman–Crippen LogP) is 4.37. The Bertz CT molecular complexity index is 1000. The average Bonchev–Trinajstić information content (AvgIpc) is 2.94. The SMILES string of the molecule is CCC1(CC)C(=O)N(C(=O)c2ccc(Cl)cc2)N(C(=O)c2cccc(Cl)c2)C1=O. The van der Waals surface area contributed by atoms with Crippen molar-refractivity contribution in [1.29, 1.82) is 0 Å².